The first kappa shape index (κ1) is 7.97. The molecule has 0 aliphatic rings. The van der Waals surface area contributed by atoms with Gasteiger partial charge in [-0.25, -0.2) is 0 Å². The molecular weight excluding hydrogens is 194 g/mol. The van der Waals surface area contributed by atoms with Crippen LogP contribution in [0.3, 0.4) is 0 Å². The molecule has 0 aromatic rings. The van der Waals surface area contributed by atoms with E-state index in [9.17, 15) is 4.79 Å². The fourth-order valence-electron chi connectivity index (χ4n) is 0.125. The molecule has 0 rings (SSSR count). The molecule has 5 heteroatoms. The van der Waals surface area contributed by atoms with E-state index in [4.69, 9.17) is 10.5 Å². The maximum absolute atomic E-state index is 9.77. The summed E-state index contributed by atoms with van der Waals surface area (Å²) in [5.74, 6) is -0.955. The molecule has 2 N–H and O–H groups in total. The van der Waals surface area contributed by atoms with Gasteiger partial charge >= 0.3 is 5.97 Å². The number of carbonyl (C=O) groups is 1. The first-order valence-electron chi connectivity index (χ1n) is 1.71. The molecule has 0 aromatic heterocycles. The first-order chi connectivity index (χ1) is 3.63. The van der Waals surface area contributed by atoms with Gasteiger partial charge in [-0.1, -0.05) is 11.8 Å². The Morgan fingerprint density at radius 1 is 1.88 bits per heavy atom. The number of rotatable bonds is 2. The zero-order valence-corrected chi connectivity index (χ0v) is 6.25. The van der Waals surface area contributed by atoms with E-state index in [0.717, 1.165) is 11.8 Å². The fraction of sp³-hybridized carbons (Fsp3) is 0.333. The Labute approximate surface area is 59.1 Å². The summed E-state index contributed by atoms with van der Waals surface area (Å²) >= 11 is 3.73. The van der Waals surface area contributed by atoms with Crippen molar-refractivity contribution in [3.05, 3.63) is 0 Å². The summed E-state index contributed by atoms with van der Waals surface area (Å²) in [7, 11) is 0. The maximum atomic E-state index is 9.77. The van der Waals surface area contributed by atoms with Gasteiger partial charge in [0.2, 0.25) is 0 Å². The molecule has 0 aliphatic heterocycles. The zero-order valence-electron chi connectivity index (χ0n) is 3.85. The topological polar surface area (TPSA) is 61.2 Å². The molecule has 0 saturated heterocycles. The van der Waals surface area contributed by atoms with Gasteiger partial charge in [0, 0.05) is 0 Å². The van der Waals surface area contributed by atoms with Gasteiger partial charge in [-0.05, 0) is 15.9 Å². The van der Waals surface area contributed by atoms with E-state index in [-0.39, 0.29) is 9.71 Å². The lowest BCUT2D eigenvalue weighted by Gasteiger charge is -1.87. The van der Waals surface area contributed by atoms with Crippen LogP contribution in [0.2, 0.25) is 0 Å². The lowest BCUT2D eigenvalue weighted by molar-refractivity contribution is -0.133. The van der Waals surface area contributed by atoms with Crippen molar-refractivity contribution in [2.75, 3.05) is 5.75 Å². The third kappa shape index (κ3) is 5.97. The summed E-state index contributed by atoms with van der Waals surface area (Å²) in [4.78, 5) is 9.77. The molecule has 0 saturated carbocycles. The number of carboxylic acids is 1. The Morgan fingerprint density at radius 3 is 2.50 bits per heavy atom. The van der Waals surface area contributed by atoms with Crippen LogP contribution in [-0.2, 0) is 4.79 Å². The second-order valence-electron chi connectivity index (χ2n) is 0.956. The number of nitrogens with one attached hydrogen (secondary N) is 1. The van der Waals surface area contributed by atoms with Crippen LogP contribution >= 0.6 is 27.7 Å². The molecule has 0 radical (unpaired) electrons. The van der Waals surface area contributed by atoms with Crippen LogP contribution in [0, 0.1) is 5.41 Å². The maximum Gasteiger partial charge on any atom is 0.313 e. The van der Waals surface area contributed by atoms with E-state index >= 15 is 0 Å². The molecule has 0 atom stereocenters. The third-order valence-corrected chi connectivity index (χ3v) is 1.65. The summed E-state index contributed by atoms with van der Waals surface area (Å²) in [5, 5.41) is 14.7. The predicted molar refractivity (Wildman–Crippen MR) is 36.7 cm³/mol. The molecule has 0 heterocycles. The number of carboxylic acid groups (broad SMARTS) is 1. The smallest absolute Gasteiger partial charge is 0.313 e. The van der Waals surface area contributed by atoms with Crippen LogP contribution in [0.25, 0.3) is 0 Å². The summed E-state index contributed by atoms with van der Waals surface area (Å²) < 4.78 is 0.153. The van der Waals surface area contributed by atoms with E-state index < -0.39 is 5.97 Å². The largest absolute Gasteiger partial charge is 0.481 e. The SMILES string of the molecule is N=C(Br)SCC(=O)O. The van der Waals surface area contributed by atoms with Gasteiger partial charge in [0.15, 0.2) is 0 Å². The van der Waals surface area contributed by atoms with Gasteiger partial charge < -0.3 is 5.11 Å². The van der Waals surface area contributed by atoms with Crippen LogP contribution in [0.1, 0.15) is 0 Å². The molecule has 0 bridgehead atoms. The van der Waals surface area contributed by atoms with Gasteiger partial charge in [0.25, 0.3) is 0 Å². The number of aliphatic carboxylic acids is 1. The lowest BCUT2D eigenvalue weighted by atomic mass is 10.8. The van der Waals surface area contributed by atoms with Crippen molar-refractivity contribution in [2.24, 2.45) is 0 Å². The monoisotopic (exact) mass is 197 g/mol. The van der Waals surface area contributed by atoms with E-state index in [1.165, 1.54) is 0 Å². The average molecular weight is 198 g/mol. The minimum Gasteiger partial charge on any atom is -0.481 e. The van der Waals surface area contributed by atoms with Crippen LogP contribution in [-0.4, -0.2) is 20.8 Å². The number of halogens is 1. The Bertz CT molecular complexity index is 102. The minimum atomic E-state index is -0.904. The highest BCUT2D eigenvalue weighted by atomic mass is 79.9. The third-order valence-electron chi connectivity index (χ3n) is 0.322. The van der Waals surface area contributed by atoms with Crippen LogP contribution < -0.4 is 0 Å². The molecule has 8 heavy (non-hydrogen) atoms. The number of hydrogen-bond acceptors (Lipinski definition) is 3. The summed E-state index contributed by atoms with van der Waals surface area (Å²) in [6.45, 7) is 0. The first-order valence-corrected chi connectivity index (χ1v) is 3.49. The molecule has 0 aliphatic carbocycles. The van der Waals surface area contributed by atoms with Crippen LogP contribution in [0.4, 0.5) is 0 Å². The second kappa shape index (κ2) is 3.91. The fourth-order valence-corrected chi connectivity index (χ4v) is 0.719. The van der Waals surface area contributed by atoms with Crippen molar-refractivity contribution in [3.63, 3.8) is 0 Å². The zero-order chi connectivity index (χ0) is 6.57. The summed E-state index contributed by atoms with van der Waals surface area (Å²) in [6.07, 6.45) is 0. The van der Waals surface area contributed by atoms with E-state index in [0.29, 0.717) is 0 Å². The molecule has 0 spiro atoms. The second-order valence-corrected chi connectivity index (χ2v) is 3.26. The van der Waals surface area contributed by atoms with Gasteiger partial charge in [-0.15, -0.1) is 0 Å². The number of thioether (sulfide) groups is 1. The quantitative estimate of drug-likeness (QED) is 0.516. The van der Waals surface area contributed by atoms with Crippen molar-refractivity contribution < 1.29 is 9.90 Å². The Balaban J connectivity index is 3.18. The molecule has 0 unspecified atom stereocenters. The predicted octanol–water partition coefficient (Wildman–Crippen LogP) is 1.13. The highest BCUT2D eigenvalue weighted by molar-refractivity contribution is 9.22. The Morgan fingerprint density at radius 2 is 2.38 bits per heavy atom. The van der Waals surface area contributed by atoms with Crippen molar-refractivity contribution >= 4 is 37.6 Å². The van der Waals surface area contributed by atoms with Crippen molar-refractivity contribution in [1.29, 1.82) is 5.41 Å². The Kier molecular flexibility index (Phi) is 3.90. The van der Waals surface area contributed by atoms with Gasteiger partial charge in [0.05, 0.1) is 5.75 Å². The van der Waals surface area contributed by atoms with Crippen molar-refractivity contribution in [3.8, 4) is 0 Å². The molecule has 0 amide bonds. The molecule has 0 fully saturated rings. The Hall–Kier alpha value is -0.0300. The van der Waals surface area contributed by atoms with Crippen LogP contribution in [0.15, 0.2) is 0 Å². The van der Waals surface area contributed by atoms with Crippen LogP contribution in [0.5, 0.6) is 0 Å². The molecule has 0 aromatic carbocycles. The highest BCUT2D eigenvalue weighted by Crippen LogP contribution is 2.06. The molecular formula is C3H4BrNO2S. The minimum absolute atomic E-state index is 0.0515. The molecule has 3 nitrogen and oxygen atoms in total. The average Bonchev–Trinajstić information content (AvgIpc) is 1.61. The highest BCUT2D eigenvalue weighted by Gasteiger charge is 1.96. The standard InChI is InChI=1S/C3H4BrNO2S/c4-3(5)8-1-2(6)7/h5H,1H2,(H,6,7). The number of hydrogen-bond donors (Lipinski definition) is 2. The van der Waals surface area contributed by atoms with Gasteiger partial charge in [0.1, 0.15) is 3.95 Å². The van der Waals surface area contributed by atoms with E-state index in [2.05, 4.69) is 15.9 Å². The lowest BCUT2D eigenvalue weighted by Crippen LogP contribution is -1.98. The van der Waals surface area contributed by atoms with Crippen molar-refractivity contribution in [1.82, 2.24) is 0 Å². The summed E-state index contributed by atoms with van der Waals surface area (Å²) in [5.41, 5.74) is 0. The van der Waals surface area contributed by atoms with Gasteiger partial charge in [-0.2, -0.15) is 0 Å². The summed E-state index contributed by atoms with van der Waals surface area (Å²) in [6, 6.07) is 0. The normalized spacial score (nSPS) is 8.62. The van der Waals surface area contributed by atoms with E-state index in [1.807, 2.05) is 0 Å². The van der Waals surface area contributed by atoms with E-state index in [1.54, 1.807) is 0 Å². The molecule has 46 valence electrons. The van der Waals surface area contributed by atoms with Crippen molar-refractivity contribution in [2.45, 2.75) is 0 Å². The van der Waals surface area contributed by atoms with Gasteiger partial charge in [-0.3, -0.25) is 10.2 Å².